The van der Waals surface area contributed by atoms with Crippen molar-refractivity contribution in [2.24, 2.45) is 0 Å². The van der Waals surface area contributed by atoms with Crippen LogP contribution >= 0.6 is 0 Å². The predicted octanol–water partition coefficient (Wildman–Crippen LogP) is 2.94. The summed E-state index contributed by atoms with van der Waals surface area (Å²) in [6.07, 6.45) is 0.403. The fourth-order valence-electron chi connectivity index (χ4n) is 3.15. The molecule has 23 heavy (non-hydrogen) atoms. The first-order chi connectivity index (χ1) is 11.2. The summed E-state index contributed by atoms with van der Waals surface area (Å²) in [5, 5.41) is 2.93. The Morgan fingerprint density at radius 1 is 1.13 bits per heavy atom. The first-order valence-corrected chi connectivity index (χ1v) is 7.62. The second kappa shape index (κ2) is 5.50. The molecule has 0 fully saturated rings. The average molecular weight is 311 g/mol. The minimum atomic E-state index is -0.0234. The lowest BCUT2D eigenvalue weighted by Gasteiger charge is -2.29. The summed E-state index contributed by atoms with van der Waals surface area (Å²) in [6.45, 7) is 1.07. The molecule has 5 heteroatoms. The number of carbonyl (C=O) groups excluding carboxylic acids is 1. The number of hydrogen-bond acceptors (Lipinski definition) is 4. The van der Waals surface area contributed by atoms with Crippen LogP contribution in [0.2, 0.25) is 0 Å². The molecule has 1 atom stereocenters. The van der Waals surface area contributed by atoms with E-state index in [4.69, 9.17) is 14.2 Å². The van der Waals surface area contributed by atoms with E-state index in [-0.39, 0.29) is 11.8 Å². The Morgan fingerprint density at radius 3 is 2.70 bits per heavy atom. The van der Waals surface area contributed by atoms with Crippen molar-refractivity contribution >= 4 is 11.6 Å². The highest BCUT2D eigenvalue weighted by Crippen LogP contribution is 2.44. The number of methoxy groups -OCH3 is 1. The molecular formula is C18H17NO4. The minimum Gasteiger partial charge on any atom is -0.497 e. The highest BCUT2D eigenvalue weighted by Gasteiger charge is 2.29. The lowest BCUT2D eigenvalue weighted by atomic mass is 9.84. The molecule has 0 saturated heterocycles. The summed E-state index contributed by atoms with van der Waals surface area (Å²) in [5.41, 5.74) is 2.89. The first kappa shape index (κ1) is 13.9. The molecule has 2 aromatic rings. The Balaban J connectivity index is 1.81. The Labute approximate surface area is 134 Å². The summed E-state index contributed by atoms with van der Waals surface area (Å²) in [4.78, 5) is 12.1. The predicted molar refractivity (Wildman–Crippen MR) is 85.5 cm³/mol. The largest absolute Gasteiger partial charge is 0.497 e. The van der Waals surface area contributed by atoms with Gasteiger partial charge in [-0.1, -0.05) is 12.1 Å². The number of hydrogen-bond donors (Lipinski definition) is 1. The van der Waals surface area contributed by atoms with Crippen molar-refractivity contribution in [1.82, 2.24) is 0 Å². The van der Waals surface area contributed by atoms with Crippen LogP contribution in [0.3, 0.4) is 0 Å². The van der Waals surface area contributed by atoms with Gasteiger partial charge in [-0.2, -0.15) is 0 Å². The number of benzene rings is 2. The average Bonchev–Trinajstić information content (AvgIpc) is 2.59. The highest BCUT2D eigenvalue weighted by molar-refractivity contribution is 5.96. The van der Waals surface area contributed by atoms with Crippen molar-refractivity contribution < 1.29 is 19.0 Å². The SMILES string of the molecule is COc1cccc([C@@H]2CC(=O)Nc3cc4c(cc32)OCCO4)c1. The van der Waals surface area contributed by atoms with Gasteiger partial charge >= 0.3 is 0 Å². The van der Waals surface area contributed by atoms with Crippen LogP contribution in [0.25, 0.3) is 0 Å². The van der Waals surface area contributed by atoms with Crippen molar-refractivity contribution in [3.63, 3.8) is 0 Å². The Hall–Kier alpha value is -2.69. The molecule has 0 bridgehead atoms. The fourth-order valence-corrected chi connectivity index (χ4v) is 3.15. The van der Waals surface area contributed by atoms with Gasteiger partial charge in [-0.25, -0.2) is 0 Å². The number of carbonyl (C=O) groups is 1. The molecule has 5 nitrogen and oxygen atoms in total. The Morgan fingerprint density at radius 2 is 1.91 bits per heavy atom. The lowest BCUT2D eigenvalue weighted by Crippen LogP contribution is -2.24. The molecule has 1 N–H and O–H groups in total. The third kappa shape index (κ3) is 2.48. The zero-order chi connectivity index (χ0) is 15.8. The second-order valence-electron chi connectivity index (χ2n) is 5.66. The normalized spacial score (nSPS) is 18.8. The van der Waals surface area contributed by atoms with Crippen LogP contribution in [-0.2, 0) is 4.79 Å². The molecule has 2 heterocycles. The van der Waals surface area contributed by atoms with E-state index in [1.807, 2.05) is 36.4 Å². The van der Waals surface area contributed by atoms with Crippen molar-refractivity contribution in [3.8, 4) is 17.2 Å². The zero-order valence-corrected chi connectivity index (χ0v) is 12.8. The summed E-state index contributed by atoms with van der Waals surface area (Å²) in [5.74, 6) is 2.18. The van der Waals surface area contributed by atoms with E-state index < -0.39 is 0 Å². The number of nitrogens with one attached hydrogen (secondary N) is 1. The smallest absolute Gasteiger partial charge is 0.225 e. The van der Waals surface area contributed by atoms with Gasteiger partial charge in [0.25, 0.3) is 0 Å². The van der Waals surface area contributed by atoms with Gasteiger partial charge in [0.05, 0.1) is 7.11 Å². The van der Waals surface area contributed by atoms with Crippen LogP contribution in [0.1, 0.15) is 23.5 Å². The third-order valence-corrected chi connectivity index (χ3v) is 4.25. The molecule has 4 rings (SSSR count). The lowest BCUT2D eigenvalue weighted by molar-refractivity contribution is -0.116. The van der Waals surface area contributed by atoms with Gasteiger partial charge in [-0.05, 0) is 29.3 Å². The molecular weight excluding hydrogens is 294 g/mol. The number of rotatable bonds is 2. The molecule has 118 valence electrons. The number of ether oxygens (including phenoxy) is 3. The van der Waals surface area contributed by atoms with Crippen LogP contribution in [-0.4, -0.2) is 26.2 Å². The van der Waals surface area contributed by atoms with E-state index in [1.54, 1.807) is 7.11 Å². The minimum absolute atomic E-state index is 0.00185. The topological polar surface area (TPSA) is 56.8 Å². The quantitative estimate of drug-likeness (QED) is 0.926. The fraction of sp³-hybridized carbons (Fsp3) is 0.278. The van der Waals surface area contributed by atoms with Crippen molar-refractivity contribution in [2.75, 3.05) is 25.6 Å². The summed E-state index contributed by atoms with van der Waals surface area (Å²) in [7, 11) is 1.64. The monoisotopic (exact) mass is 311 g/mol. The van der Waals surface area contributed by atoms with Crippen LogP contribution in [0.15, 0.2) is 36.4 Å². The van der Waals surface area contributed by atoms with Crippen molar-refractivity contribution in [1.29, 1.82) is 0 Å². The number of amides is 1. The van der Waals surface area contributed by atoms with E-state index >= 15 is 0 Å². The standard InChI is InChI=1S/C18H17NO4/c1-21-12-4-2-3-11(7-12)13-9-18(20)19-15-10-17-16(8-14(13)15)22-5-6-23-17/h2-4,7-8,10,13H,5-6,9H2,1H3,(H,19,20)/t13-/m0/s1. The van der Waals surface area contributed by atoms with Crippen LogP contribution < -0.4 is 19.5 Å². The molecule has 0 aliphatic carbocycles. The first-order valence-electron chi connectivity index (χ1n) is 7.62. The van der Waals surface area contributed by atoms with E-state index in [0.717, 1.165) is 28.3 Å². The van der Waals surface area contributed by atoms with Gasteiger partial charge in [-0.3, -0.25) is 4.79 Å². The molecule has 0 spiro atoms. The van der Waals surface area contributed by atoms with Crippen molar-refractivity contribution in [2.45, 2.75) is 12.3 Å². The summed E-state index contributed by atoms with van der Waals surface area (Å²) in [6, 6.07) is 11.7. The summed E-state index contributed by atoms with van der Waals surface area (Å²) < 4.78 is 16.6. The zero-order valence-electron chi connectivity index (χ0n) is 12.8. The molecule has 0 radical (unpaired) electrons. The second-order valence-corrected chi connectivity index (χ2v) is 5.66. The Kier molecular flexibility index (Phi) is 3.33. The molecule has 0 aromatic heterocycles. The van der Waals surface area contributed by atoms with E-state index in [2.05, 4.69) is 5.32 Å². The van der Waals surface area contributed by atoms with Crippen LogP contribution in [0.5, 0.6) is 17.2 Å². The van der Waals surface area contributed by atoms with Gasteiger partial charge < -0.3 is 19.5 Å². The molecule has 0 unspecified atom stereocenters. The van der Waals surface area contributed by atoms with Gasteiger partial charge in [0.1, 0.15) is 19.0 Å². The number of anilines is 1. The third-order valence-electron chi connectivity index (χ3n) is 4.25. The van der Waals surface area contributed by atoms with E-state index in [9.17, 15) is 4.79 Å². The number of fused-ring (bicyclic) bond motifs is 2. The Bertz CT molecular complexity index is 772. The van der Waals surface area contributed by atoms with E-state index in [0.29, 0.717) is 25.4 Å². The maximum atomic E-state index is 12.1. The highest BCUT2D eigenvalue weighted by atomic mass is 16.6. The van der Waals surface area contributed by atoms with Gasteiger partial charge in [0, 0.05) is 24.1 Å². The van der Waals surface area contributed by atoms with Gasteiger partial charge in [-0.15, -0.1) is 0 Å². The van der Waals surface area contributed by atoms with Gasteiger partial charge in [0.2, 0.25) is 5.91 Å². The molecule has 1 amide bonds. The molecule has 2 aliphatic rings. The molecule has 0 saturated carbocycles. The molecule has 2 aliphatic heterocycles. The van der Waals surface area contributed by atoms with E-state index in [1.165, 1.54) is 0 Å². The van der Waals surface area contributed by atoms with Crippen LogP contribution in [0, 0.1) is 0 Å². The van der Waals surface area contributed by atoms with Gasteiger partial charge in [0.15, 0.2) is 11.5 Å². The maximum Gasteiger partial charge on any atom is 0.225 e. The summed E-state index contributed by atoms with van der Waals surface area (Å²) >= 11 is 0. The van der Waals surface area contributed by atoms with Crippen molar-refractivity contribution in [3.05, 3.63) is 47.5 Å². The maximum absolute atomic E-state index is 12.1. The molecule has 2 aromatic carbocycles. The van der Waals surface area contributed by atoms with Crippen LogP contribution in [0.4, 0.5) is 5.69 Å².